The molecule has 4 rings (SSSR count). The van der Waals surface area contributed by atoms with Crippen LogP contribution >= 0.6 is 15.9 Å². The molecule has 2 aromatic carbocycles. The van der Waals surface area contributed by atoms with Gasteiger partial charge < -0.3 is 0 Å². The van der Waals surface area contributed by atoms with Crippen molar-refractivity contribution in [3.8, 4) is 0 Å². The molecule has 118 valence electrons. The third-order valence-electron chi connectivity index (χ3n) is 5.35. The molecule has 3 heteroatoms. The van der Waals surface area contributed by atoms with Gasteiger partial charge in [-0.1, -0.05) is 33.6 Å². The van der Waals surface area contributed by atoms with Gasteiger partial charge in [-0.3, -0.25) is 9.38 Å². The van der Waals surface area contributed by atoms with Crippen LogP contribution in [0.15, 0.2) is 59.2 Å². The molecule has 1 saturated heterocycles. The highest BCUT2D eigenvalue weighted by atomic mass is 79.9. The van der Waals surface area contributed by atoms with Gasteiger partial charge in [-0.15, -0.1) is 0 Å². The van der Waals surface area contributed by atoms with Crippen LogP contribution in [0.1, 0.15) is 24.0 Å². The lowest BCUT2D eigenvalue weighted by Gasteiger charge is -2.34. The number of nitrogens with zero attached hydrogens (tertiary/aromatic N) is 2. The summed E-state index contributed by atoms with van der Waals surface area (Å²) < 4.78 is 2.16. The number of benzene rings is 2. The fourth-order valence-electron chi connectivity index (χ4n) is 4.03. The first-order valence-corrected chi connectivity index (χ1v) is 9.06. The minimum atomic E-state index is 0.521. The number of rotatable bonds is 2. The number of aryl methyl sites for hydroxylation is 1. The second kappa shape index (κ2) is 5.50. The van der Waals surface area contributed by atoms with Gasteiger partial charge >= 0.3 is 0 Å². The maximum atomic E-state index is 3.54. The highest BCUT2D eigenvalue weighted by Crippen LogP contribution is 2.44. The van der Waals surface area contributed by atoms with E-state index < -0.39 is 0 Å². The first kappa shape index (κ1) is 15.0. The van der Waals surface area contributed by atoms with Gasteiger partial charge in [-0.25, -0.2) is 0 Å². The Morgan fingerprint density at radius 2 is 1.74 bits per heavy atom. The SMILES string of the molecule is Cc1ccc(C2=CN(c3ccc(Br)cc3)[C@@H]3CCC[N@@+]23C)cc1. The summed E-state index contributed by atoms with van der Waals surface area (Å²) in [7, 11) is 2.39. The van der Waals surface area contributed by atoms with Crippen molar-refractivity contribution < 1.29 is 4.48 Å². The summed E-state index contributed by atoms with van der Waals surface area (Å²) in [5.74, 6) is 0. The zero-order chi connectivity index (χ0) is 16.0. The highest BCUT2D eigenvalue weighted by molar-refractivity contribution is 9.10. The van der Waals surface area contributed by atoms with Gasteiger partial charge in [0.05, 0.1) is 19.8 Å². The standard InChI is InChI=1S/C20H22BrN2/c1-15-5-7-16(8-6-15)19-14-22(18-11-9-17(21)10-12-18)20-4-3-13-23(19,20)2/h5-12,14,20H,3-4,13H2,1-2H3/q+1/t20-,23-/m0/s1. The smallest absolute Gasteiger partial charge is 0.173 e. The molecule has 23 heavy (non-hydrogen) atoms. The van der Waals surface area contributed by atoms with E-state index >= 15 is 0 Å². The number of anilines is 1. The van der Waals surface area contributed by atoms with Gasteiger partial charge in [0.15, 0.2) is 11.9 Å². The number of fused-ring (bicyclic) bond motifs is 1. The molecule has 2 aromatic rings. The lowest BCUT2D eigenvalue weighted by Crippen LogP contribution is -2.48. The predicted octanol–water partition coefficient (Wildman–Crippen LogP) is 5.14. The van der Waals surface area contributed by atoms with E-state index in [1.807, 2.05) is 0 Å². The topological polar surface area (TPSA) is 3.24 Å². The molecule has 0 radical (unpaired) electrons. The van der Waals surface area contributed by atoms with Crippen LogP contribution in [0.25, 0.3) is 5.70 Å². The molecule has 0 amide bonds. The average Bonchev–Trinajstić information content (AvgIpc) is 3.05. The third kappa shape index (κ3) is 2.43. The number of hydrogen-bond donors (Lipinski definition) is 0. The van der Waals surface area contributed by atoms with E-state index in [-0.39, 0.29) is 0 Å². The van der Waals surface area contributed by atoms with Crippen molar-refractivity contribution in [1.29, 1.82) is 0 Å². The maximum absolute atomic E-state index is 3.54. The van der Waals surface area contributed by atoms with Gasteiger partial charge in [-0.05, 0) is 43.3 Å². The fourth-order valence-corrected chi connectivity index (χ4v) is 4.30. The van der Waals surface area contributed by atoms with Crippen LogP contribution in [0.2, 0.25) is 0 Å². The Kier molecular flexibility index (Phi) is 3.58. The second-order valence-corrected chi connectivity index (χ2v) is 7.79. The van der Waals surface area contributed by atoms with Gasteiger partial charge in [-0.2, -0.15) is 0 Å². The van der Waals surface area contributed by atoms with Gasteiger partial charge in [0.2, 0.25) is 0 Å². The lowest BCUT2D eigenvalue weighted by atomic mass is 10.1. The zero-order valence-electron chi connectivity index (χ0n) is 13.7. The first-order valence-electron chi connectivity index (χ1n) is 8.26. The molecule has 2 atom stereocenters. The van der Waals surface area contributed by atoms with Crippen molar-refractivity contribution in [2.45, 2.75) is 25.9 Å². The van der Waals surface area contributed by atoms with E-state index in [1.165, 1.54) is 41.9 Å². The van der Waals surface area contributed by atoms with Crippen molar-refractivity contribution in [2.75, 3.05) is 18.5 Å². The van der Waals surface area contributed by atoms with E-state index in [4.69, 9.17) is 0 Å². The average molecular weight is 370 g/mol. The second-order valence-electron chi connectivity index (χ2n) is 6.88. The van der Waals surface area contributed by atoms with Crippen LogP contribution < -0.4 is 4.90 Å². The Labute approximate surface area is 146 Å². The van der Waals surface area contributed by atoms with Crippen LogP contribution in [0.5, 0.6) is 0 Å². The molecule has 2 heterocycles. The molecular formula is C20H22BrN2+. The van der Waals surface area contributed by atoms with Crippen LogP contribution in [-0.4, -0.2) is 24.2 Å². The number of halogens is 1. The van der Waals surface area contributed by atoms with E-state index in [9.17, 15) is 0 Å². The molecule has 2 nitrogen and oxygen atoms in total. The first-order chi connectivity index (χ1) is 11.1. The summed E-state index contributed by atoms with van der Waals surface area (Å²) in [6.45, 7) is 3.37. The molecule has 0 saturated carbocycles. The lowest BCUT2D eigenvalue weighted by molar-refractivity contribution is -0.845. The minimum Gasteiger partial charge on any atom is -0.292 e. The Balaban J connectivity index is 1.79. The summed E-state index contributed by atoms with van der Waals surface area (Å²) in [5, 5.41) is 0. The van der Waals surface area contributed by atoms with Crippen molar-refractivity contribution in [1.82, 2.24) is 0 Å². The maximum Gasteiger partial charge on any atom is 0.173 e. The van der Waals surface area contributed by atoms with Gasteiger partial charge in [0.25, 0.3) is 0 Å². The fraction of sp³-hybridized carbons (Fsp3) is 0.300. The minimum absolute atomic E-state index is 0.521. The molecule has 0 N–H and O–H groups in total. The molecular weight excluding hydrogens is 348 g/mol. The molecule has 0 spiro atoms. The number of hydrogen-bond acceptors (Lipinski definition) is 1. The molecule has 0 aromatic heterocycles. The summed E-state index contributed by atoms with van der Waals surface area (Å²) >= 11 is 3.54. The summed E-state index contributed by atoms with van der Waals surface area (Å²) in [5.41, 5.74) is 5.39. The Morgan fingerprint density at radius 3 is 2.43 bits per heavy atom. The Morgan fingerprint density at radius 1 is 1.04 bits per heavy atom. The molecule has 2 aliphatic heterocycles. The Bertz CT molecular complexity index is 748. The summed E-state index contributed by atoms with van der Waals surface area (Å²) in [4.78, 5) is 2.48. The molecule has 0 unspecified atom stereocenters. The molecule has 0 bridgehead atoms. The van der Waals surface area contributed by atoms with E-state index in [0.717, 1.165) is 8.96 Å². The third-order valence-corrected chi connectivity index (χ3v) is 5.88. The van der Waals surface area contributed by atoms with Crippen molar-refractivity contribution >= 4 is 27.3 Å². The van der Waals surface area contributed by atoms with Gasteiger partial charge in [0.1, 0.15) is 0 Å². The Hall–Kier alpha value is -1.58. The largest absolute Gasteiger partial charge is 0.292 e. The van der Waals surface area contributed by atoms with E-state index in [2.05, 4.69) is 89.5 Å². The van der Waals surface area contributed by atoms with E-state index in [1.54, 1.807) is 0 Å². The normalized spacial score (nSPS) is 26.3. The van der Waals surface area contributed by atoms with Crippen LogP contribution in [0.4, 0.5) is 5.69 Å². The van der Waals surface area contributed by atoms with Crippen molar-refractivity contribution in [3.05, 3.63) is 70.3 Å². The summed E-state index contributed by atoms with van der Waals surface area (Å²) in [6, 6.07) is 17.7. The predicted molar refractivity (Wildman–Crippen MR) is 99.9 cm³/mol. The van der Waals surface area contributed by atoms with Crippen molar-refractivity contribution in [2.24, 2.45) is 0 Å². The van der Waals surface area contributed by atoms with Gasteiger partial charge in [0, 0.05) is 28.6 Å². The van der Waals surface area contributed by atoms with E-state index in [0.29, 0.717) is 6.17 Å². The summed E-state index contributed by atoms with van der Waals surface area (Å²) in [6.07, 6.45) is 5.43. The molecule has 1 fully saturated rings. The van der Waals surface area contributed by atoms with Crippen LogP contribution in [0.3, 0.4) is 0 Å². The van der Waals surface area contributed by atoms with Crippen LogP contribution in [-0.2, 0) is 0 Å². The quantitative estimate of drug-likeness (QED) is 0.662. The number of quaternary nitrogens is 1. The van der Waals surface area contributed by atoms with Crippen LogP contribution in [0, 0.1) is 6.92 Å². The van der Waals surface area contributed by atoms with Crippen molar-refractivity contribution in [3.63, 3.8) is 0 Å². The highest BCUT2D eigenvalue weighted by Gasteiger charge is 2.50. The monoisotopic (exact) mass is 369 g/mol. The molecule has 2 aliphatic rings. The molecule has 0 aliphatic carbocycles. The zero-order valence-corrected chi connectivity index (χ0v) is 15.3.